The van der Waals surface area contributed by atoms with E-state index in [1.165, 1.54) is 11.1 Å². The third-order valence-corrected chi connectivity index (χ3v) is 3.60. The summed E-state index contributed by atoms with van der Waals surface area (Å²) in [5.74, 6) is 0. The van der Waals surface area contributed by atoms with Gasteiger partial charge in [-0.05, 0) is 49.7 Å². The Morgan fingerprint density at radius 1 is 1.20 bits per heavy atom. The Labute approximate surface area is 124 Å². The second kappa shape index (κ2) is 7.57. The summed E-state index contributed by atoms with van der Waals surface area (Å²) in [5, 5.41) is 0. The van der Waals surface area contributed by atoms with Gasteiger partial charge < -0.3 is 19.0 Å². The zero-order valence-corrected chi connectivity index (χ0v) is 13.0. The number of methoxy groups -OCH3 is 1. The first-order valence-corrected chi connectivity index (χ1v) is 7.39. The van der Waals surface area contributed by atoms with Crippen LogP contribution in [0.25, 0.3) is 11.0 Å². The molecule has 0 amide bonds. The van der Waals surface area contributed by atoms with Gasteiger partial charge in [0.05, 0.1) is 24.2 Å². The number of aryl methyl sites for hydroxylation is 2. The van der Waals surface area contributed by atoms with E-state index in [1.54, 1.807) is 7.11 Å². The monoisotopic (exact) mass is 294 g/mol. The number of hydrogen-bond donors (Lipinski definition) is 1. The van der Waals surface area contributed by atoms with Gasteiger partial charge >= 0.3 is 0 Å². The van der Waals surface area contributed by atoms with Gasteiger partial charge in [0.2, 0.25) is 0 Å². The van der Waals surface area contributed by atoms with Crippen molar-refractivity contribution in [3.8, 4) is 0 Å². The van der Waals surface area contributed by atoms with E-state index in [9.17, 15) is 0 Å². The molecule has 1 aromatic carbocycles. The van der Waals surface area contributed by atoms with Crippen molar-refractivity contribution in [1.82, 2.24) is 9.55 Å². The molecule has 0 fully saturated rings. The Kier molecular flexibility index (Phi) is 5.76. The Balaban J connectivity index is 1.87. The maximum atomic E-state index is 5.46. The van der Waals surface area contributed by atoms with Gasteiger partial charge in [0, 0.05) is 20.3 Å². The fraction of sp³-hybridized carbons (Fsp3) is 0.533. The number of rotatable bonds is 8. The van der Waals surface area contributed by atoms with Crippen LogP contribution in [0.15, 0.2) is 18.2 Å². The molecule has 0 unspecified atom stereocenters. The van der Waals surface area contributed by atoms with Crippen LogP contribution in [0.4, 0.5) is 0 Å². The summed E-state index contributed by atoms with van der Waals surface area (Å²) in [7, 11) is 1.68. The Morgan fingerprint density at radius 2 is 2.05 bits per heavy atom. The van der Waals surface area contributed by atoms with Crippen LogP contribution in [0.3, 0.4) is 0 Å². The highest BCUT2D eigenvalue weighted by molar-refractivity contribution is 7.71. The number of imidazole rings is 1. The van der Waals surface area contributed by atoms with Crippen molar-refractivity contribution in [3.05, 3.63) is 28.5 Å². The minimum absolute atomic E-state index is 0.660. The molecule has 110 valence electrons. The van der Waals surface area contributed by atoms with Crippen LogP contribution < -0.4 is 0 Å². The predicted octanol–water partition coefficient (Wildman–Crippen LogP) is 3.45. The lowest BCUT2D eigenvalue weighted by Gasteiger charge is -2.06. The van der Waals surface area contributed by atoms with Gasteiger partial charge in [0.1, 0.15) is 0 Å². The van der Waals surface area contributed by atoms with Crippen LogP contribution in [0.5, 0.6) is 0 Å². The third-order valence-electron chi connectivity index (χ3n) is 3.28. The molecule has 0 saturated heterocycles. The molecule has 1 heterocycles. The summed E-state index contributed by atoms with van der Waals surface area (Å²) in [4.78, 5) is 3.27. The Morgan fingerprint density at radius 3 is 2.85 bits per heavy atom. The quantitative estimate of drug-likeness (QED) is 0.599. The summed E-state index contributed by atoms with van der Waals surface area (Å²) in [5.41, 5.74) is 3.54. The molecule has 1 aromatic heterocycles. The van der Waals surface area contributed by atoms with Gasteiger partial charge in [-0.3, -0.25) is 0 Å². The van der Waals surface area contributed by atoms with Crippen molar-refractivity contribution in [2.24, 2.45) is 0 Å². The average Bonchev–Trinajstić information content (AvgIpc) is 2.73. The molecule has 2 rings (SSSR count). The number of H-pyrrole nitrogens is 1. The Hall–Kier alpha value is -1.17. The molecule has 4 nitrogen and oxygen atoms in total. The van der Waals surface area contributed by atoms with Gasteiger partial charge in [0.15, 0.2) is 4.77 Å². The number of nitrogens with one attached hydrogen (secondary N) is 1. The van der Waals surface area contributed by atoms with Crippen molar-refractivity contribution in [2.75, 3.05) is 26.9 Å². The van der Waals surface area contributed by atoms with Crippen LogP contribution in [-0.4, -0.2) is 36.5 Å². The van der Waals surface area contributed by atoms with E-state index < -0.39 is 0 Å². The minimum Gasteiger partial charge on any atom is -0.382 e. The van der Waals surface area contributed by atoms with Crippen LogP contribution in [0.1, 0.15) is 18.4 Å². The van der Waals surface area contributed by atoms with Crippen molar-refractivity contribution in [1.29, 1.82) is 0 Å². The normalized spacial score (nSPS) is 11.3. The molecular weight excluding hydrogens is 272 g/mol. The molecule has 0 atom stereocenters. The topological polar surface area (TPSA) is 39.2 Å². The third kappa shape index (κ3) is 3.91. The molecule has 0 aliphatic heterocycles. The summed E-state index contributed by atoms with van der Waals surface area (Å²) in [6.07, 6.45) is 2.09. The maximum absolute atomic E-state index is 5.46. The van der Waals surface area contributed by atoms with E-state index in [0.717, 1.165) is 36.3 Å². The first kappa shape index (κ1) is 15.2. The van der Waals surface area contributed by atoms with E-state index >= 15 is 0 Å². The summed E-state index contributed by atoms with van der Waals surface area (Å²) in [6, 6.07) is 6.39. The zero-order valence-electron chi connectivity index (χ0n) is 12.1. The average molecular weight is 294 g/mol. The number of fused-ring (bicyclic) bond motifs is 1. The highest BCUT2D eigenvalue weighted by atomic mass is 32.1. The molecule has 0 radical (unpaired) electrons. The molecule has 0 spiro atoms. The maximum Gasteiger partial charge on any atom is 0.178 e. The largest absolute Gasteiger partial charge is 0.382 e. The molecule has 5 heteroatoms. The van der Waals surface area contributed by atoms with E-state index in [0.29, 0.717) is 13.2 Å². The van der Waals surface area contributed by atoms with E-state index in [-0.39, 0.29) is 0 Å². The second-order valence-corrected chi connectivity index (χ2v) is 5.30. The highest BCUT2D eigenvalue weighted by Crippen LogP contribution is 2.16. The predicted molar refractivity (Wildman–Crippen MR) is 83.8 cm³/mol. The minimum atomic E-state index is 0.660. The molecule has 0 bridgehead atoms. The molecule has 0 aliphatic carbocycles. The number of ether oxygens (including phenoxy) is 2. The summed E-state index contributed by atoms with van der Waals surface area (Å²) < 4.78 is 13.4. The number of aromatic nitrogens is 2. The van der Waals surface area contributed by atoms with Gasteiger partial charge in [-0.15, -0.1) is 0 Å². The lowest BCUT2D eigenvalue weighted by atomic mass is 10.2. The van der Waals surface area contributed by atoms with Crippen molar-refractivity contribution >= 4 is 23.3 Å². The molecule has 0 saturated carbocycles. The van der Waals surface area contributed by atoms with E-state index in [2.05, 4.69) is 34.7 Å². The zero-order chi connectivity index (χ0) is 14.4. The van der Waals surface area contributed by atoms with Gasteiger partial charge in [-0.1, -0.05) is 6.07 Å². The second-order valence-electron chi connectivity index (χ2n) is 4.91. The number of benzene rings is 1. The van der Waals surface area contributed by atoms with Gasteiger partial charge in [0.25, 0.3) is 0 Å². The van der Waals surface area contributed by atoms with Crippen LogP contribution >= 0.6 is 12.2 Å². The van der Waals surface area contributed by atoms with Gasteiger partial charge in [-0.2, -0.15) is 0 Å². The summed E-state index contributed by atoms with van der Waals surface area (Å²) in [6.45, 7) is 5.12. The number of hydrogen-bond acceptors (Lipinski definition) is 3. The lowest BCUT2D eigenvalue weighted by Crippen LogP contribution is -2.04. The number of aromatic amines is 1. The van der Waals surface area contributed by atoms with Gasteiger partial charge in [-0.25, -0.2) is 0 Å². The standard InChI is InChI=1S/C15H22N2O2S/c1-12-5-6-14-13(11-12)16-15(20)17(14)7-3-4-8-19-10-9-18-2/h5-6,11H,3-4,7-10H2,1-2H3,(H,16,20). The number of unbranched alkanes of at least 4 members (excludes halogenated alkanes) is 1. The fourth-order valence-electron chi connectivity index (χ4n) is 2.22. The van der Waals surface area contributed by atoms with Crippen LogP contribution in [-0.2, 0) is 16.0 Å². The molecule has 0 aliphatic rings. The molecular formula is C15H22N2O2S. The lowest BCUT2D eigenvalue weighted by molar-refractivity contribution is 0.0684. The SMILES string of the molecule is COCCOCCCCn1c(=S)[nH]c2cc(C)ccc21. The first-order chi connectivity index (χ1) is 9.72. The van der Waals surface area contributed by atoms with Crippen molar-refractivity contribution < 1.29 is 9.47 Å². The smallest absolute Gasteiger partial charge is 0.178 e. The highest BCUT2D eigenvalue weighted by Gasteiger charge is 2.04. The molecule has 2 aromatic rings. The fourth-order valence-corrected chi connectivity index (χ4v) is 2.52. The van der Waals surface area contributed by atoms with E-state index in [4.69, 9.17) is 21.7 Å². The van der Waals surface area contributed by atoms with E-state index in [1.807, 2.05) is 0 Å². The van der Waals surface area contributed by atoms with Crippen molar-refractivity contribution in [3.63, 3.8) is 0 Å². The molecule has 20 heavy (non-hydrogen) atoms. The Bertz CT molecular complexity index is 603. The molecule has 1 N–H and O–H groups in total. The van der Waals surface area contributed by atoms with Crippen molar-refractivity contribution in [2.45, 2.75) is 26.3 Å². The first-order valence-electron chi connectivity index (χ1n) is 6.98. The summed E-state index contributed by atoms with van der Waals surface area (Å²) >= 11 is 5.39. The number of nitrogens with zero attached hydrogens (tertiary/aromatic N) is 1. The van der Waals surface area contributed by atoms with Crippen LogP contribution in [0, 0.1) is 11.7 Å². The van der Waals surface area contributed by atoms with Crippen LogP contribution in [0.2, 0.25) is 0 Å².